The summed E-state index contributed by atoms with van der Waals surface area (Å²) in [4.78, 5) is 26.4. The van der Waals surface area contributed by atoms with Gasteiger partial charge < -0.3 is 15.6 Å². The molecule has 0 aliphatic carbocycles. The van der Waals surface area contributed by atoms with Crippen LogP contribution in [0.2, 0.25) is 0 Å². The molecule has 1 atom stereocenters. The fourth-order valence-electron chi connectivity index (χ4n) is 2.64. The Morgan fingerprint density at radius 3 is 3.00 bits per heavy atom. The number of nitrogens with one attached hydrogen (secondary N) is 3. The maximum absolute atomic E-state index is 12.0. The van der Waals surface area contributed by atoms with Gasteiger partial charge in [-0.05, 0) is 31.0 Å². The number of carbonyl (C=O) groups is 1. The number of aromatic amines is 1. The van der Waals surface area contributed by atoms with Crippen LogP contribution in [-0.2, 0) is 11.3 Å². The van der Waals surface area contributed by atoms with E-state index < -0.39 is 0 Å². The van der Waals surface area contributed by atoms with Gasteiger partial charge in [-0.25, -0.2) is 0 Å². The van der Waals surface area contributed by atoms with Crippen molar-refractivity contribution in [1.82, 2.24) is 15.6 Å². The number of fused-ring (bicyclic) bond motifs is 1. The quantitative estimate of drug-likeness (QED) is 0.776. The van der Waals surface area contributed by atoms with E-state index in [2.05, 4.69) is 15.6 Å². The Morgan fingerprint density at radius 2 is 2.20 bits per heavy atom. The van der Waals surface area contributed by atoms with Crippen molar-refractivity contribution >= 4 is 16.8 Å². The van der Waals surface area contributed by atoms with E-state index in [1.54, 1.807) is 6.07 Å². The number of hydrogen-bond acceptors (Lipinski definition) is 3. The Balaban J connectivity index is 1.80. The summed E-state index contributed by atoms with van der Waals surface area (Å²) in [6.07, 6.45) is 1.91. The summed E-state index contributed by atoms with van der Waals surface area (Å²) in [6.45, 7) is 1.27. The maximum atomic E-state index is 12.0. The van der Waals surface area contributed by atoms with Crippen molar-refractivity contribution in [3.05, 3.63) is 46.2 Å². The summed E-state index contributed by atoms with van der Waals surface area (Å²) < 4.78 is 0. The van der Waals surface area contributed by atoms with Crippen LogP contribution in [-0.4, -0.2) is 23.5 Å². The Morgan fingerprint density at radius 1 is 1.35 bits per heavy atom. The maximum Gasteiger partial charge on any atom is 0.248 e. The Hall–Kier alpha value is -2.14. The lowest BCUT2D eigenvalue weighted by Gasteiger charge is -2.12. The molecule has 1 aromatic carbocycles. The molecular weight excluding hydrogens is 254 g/mol. The van der Waals surface area contributed by atoms with Crippen LogP contribution in [0.25, 0.3) is 10.9 Å². The van der Waals surface area contributed by atoms with E-state index in [0.717, 1.165) is 35.9 Å². The molecule has 5 nitrogen and oxygen atoms in total. The van der Waals surface area contributed by atoms with E-state index in [1.165, 1.54) is 0 Å². The molecule has 3 rings (SSSR count). The zero-order chi connectivity index (χ0) is 13.9. The van der Waals surface area contributed by atoms with Gasteiger partial charge in [0, 0.05) is 23.5 Å². The predicted molar refractivity (Wildman–Crippen MR) is 77.4 cm³/mol. The minimum absolute atomic E-state index is 0.00635. The standard InChI is InChI=1S/C15H17N3O2/c19-14-8-10(11-4-1-2-5-12(11)18-14)9-17-15(20)13-6-3-7-16-13/h1-2,4-5,8,13,16H,3,6-7,9H2,(H,17,20)(H,18,19). The lowest BCUT2D eigenvalue weighted by Crippen LogP contribution is -2.40. The Kier molecular flexibility index (Phi) is 3.52. The monoisotopic (exact) mass is 271 g/mol. The zero-order valence-corrected chi connectivity index (χ0v) is 11.1. The normalized spacial score (nSPS) is 18.3. The van der Waals surface area contributed by atoms with Crippen molar-refractivity contribution < 1.29 is 4.79 Å². The number of amides is 1. The first kappa shape index (κ1) is 12.9. The second-order valence-corrected chi connectivity index (χ2v) is 5.07. The first-order chi connectivity index (χ1) is 9.74. The zero-order valence-electron chi connectivity index (χ0n) is 11.1. The summed E-state index contributed by atoms with van der Waals surface area (Å²) in [5, 5.41) is 7.03. The van der Waals surface area contributed by atoms with Gasteiger partial charge >= 0.3 is 0 Å². The van der Waals surface area contributed by atoms with Crippen molar-refractivity contribution in [1.29, 1.82) is 0 Å². The molecule has 1 amide bonds. The van der Waals surface area contributed by atoms with Gasteiger partial charge in [0.1, 0.15) is 0 Å². The molecule has 104 valence electrons. The summed E-state index contributed by atoms with van der Waals surface area (Å²) >= 11 is 0. The van der Waals surface area contributed by atoms with E-state index in [0.29, 0.717) is 6.54 Å². The number of H-pyrrole nitrogens is 1. The van der Waals surface area contributed by atoms with Crippen LogP contribution in [0.3, 0.4) is 0 Å². The van der Waals surface area contributed by atoms with Crippen molar-refractivity contribution in [3.63, 3.8) is 0 Å². The predicted octanol–water partition coefficient (Wildman–Crippen LogP) is 0.896. The molecule has 0 saturated carbocycles. The lowest BCUT2D eigenvalue weighted by molar-refractivity contribution is -0.122. The topological polar surface area (TPSA) is 74.0 Å². The number of aromatic nitrogens is 1. The van der Waals surface area contributed by atoms with E-state index in [-0.39, 0.29) is 17.5 Å². The highest BCUT2D eigenvalue weighted by atomic mass is 16.2. The van der Waals surface area contributed by atoms with Gasteiger partial charge in [-0.3, -0.25) is 9.59 Å². The molecule has 0 bridgehead atoms. The lowest BCUT2D eigenvalue weighted by atomic mass is 10.1. The summed E-state index contributed by atoms with van der Waals surface area (Å²) in [5.41, 5.74) is 1.49. The van der Waals surface area contributed by atoms with Crippen LogP contribution in [0.5, 0.6) is 0 Å². The third kappa shape index (κ3) is 2.58. The summed E-state index contributed by atoms with van der Waals surface area (Å²) in [5.74, 6) is 0.00635. The van der Waals surface area contributed by atoms with Crippen molar-refractivity contribution in [2.75, 3.05) is 6.54 Å². The average Bonchev–Trinajstić information content (AvgIpc) is 2.98. The molecule has 1 unspecified atom stereocenters. The Labute approximate surface area is 116 Å². The molecule has 0 spiro atoms. The average molecular weight is 271 g/mol. The third-order valence-electron chi connectivity index (χ3n) is 3.67. The van der Waals surface area contributed by atoms with Gasteiger partial charge in [0.15, 0.2) is 0 Å². The molecular formula is C15H17N3O2. The molecule has 5 heteroatoms. The second kappa shape index (κ2) is 5.46. The minimum atomic E-state index is -0.146. The molecule has 2 aromatic rings. The number of rotatable bonds is 3. The van der Waals surface area contributed by atoms with Gasteiger partial charge in [0.2, 0.25) is 11.5 Å². The van der Waals surface area contributed by atoms with Crippen molar-refractivity contribution in [2.45, 2.75) is 25.4 Å². The molecule has 2 heterocycles. The molecule has 1 aromatic heterocycles. The number of pyridine rings is 1. The van der Waals surface area contributed by atoms with Crippen LogP contribution in [0, 0.1) is 0 Å². The van der Waals surface area contributed by atoms with Crippen molar-refractivity contribution in [3.8, 4) is 0 Å². The van der Waals surface area contributed by atoms with Gasteiger partial charge in [-0.15, -0.1) is 0 Å². The fraction of sp³-hybridized carbons (Fsp3) is 0.333. The SMILES string of the molecule is O=C(NCc1cc(=O)[nH]c2ccccc12)C1CCCN1. The third-order valence-corrected chi connectivity index (χ3v) is 3.67. The molecule has 1 saturated heterocycles. The summed E-state index contributed by atoms with van der Waals surface area (Å²) in [7, 11) is 0. The fourth-order valence-corrected chi connectivity index (χ4v) is 2.64. The van der Waals surface area contributed by atoms with Crippen LogP contribution in [0.15, 0.2) is 35.1 Å². The largest absolute Gasteiger partial charge is 0.351 e. The van der Waals surface area contributed by atoms with Crippen LogP contribution in [0.1, 0.15) is 18.4 Å². The van der Waals surface area contributed by atoms with Gasteiger partial charge in [0.05, 0.1) is 6.04 Å². The highest BCUT2D eigenvalue weighted by Gasteiger charge is 2.21. The number of hydrogen-bond donors (Lipinski definition) is 3. The van der Waals surface area contributed by atoms with Gasteiger partial charge in [-0.2, -0.15) is 0 Å². The Bertz CT molecular complexity index is 687. The van der Waals surface area contributed by atoms with Gasteiger partial charge in [0.25, 0.3) is 0 Å². The first-order valence-electron chi connectivity index (χ1n) is 6.86. The molecule has 0 radical (unpaired) electrons. The molecule has 1 fully saturated rings. The van der Waals surface area contributed by atoms with E-state index in [4.69, 9.17) is 0 Å². The van der Waals surface area contributed by atoms with E-state index in [1.807, 2.05) is 24.3 Å². The van der Waals surface area contributed by atoms with Gasteiger partial charge in [-0.1, -0.05) is 18.2 Å². The molecule has 20 heavy (non-hydrogen) atoms. The van der Waals surface area contributed by atoms with E-state index in [9.17, 15) is 9.59 Å². The highest BCUT2D eigenvalue weighted by molar-refractivity contribution is 5.84. The van der Waals surface area contributed by atoms with Crippen LogP contribution in [0.4, 0.5) is 0 Å². The molecule has 1 aliphatic rings. The van der Waals surface area contributed by atoms with E-state index >= 15 is 0 Å². The number of carbonyl (C=O) groups excluding carboxylic acids is 1. The van der Waals surface area contributed by atoms with Crippen LogP contribution >= 0.6 is 0 Å². The highest BCUT2D eigenvalue weighted by Crippen LogP contribution is 2.14. The molecule has 3 N–H and O–H groups in total. The van der Waals surface area contributed by atoms with Crippen molar-refractivity contribution in [2.24, 2.45) is 0 Å². The van der Waals surface area contributed by atoms with Crippen LogP contribution < -0.4 is 16.2 Å². The summed E-state index contributed by atoms with van der Waals surface area (Å²) in [6, 6.07) is 9.06. The second-order valence-electron chi connectivity index (χ2n) is 5.07. The first-order valence-corrected chi connectivity index (χ1v) is 6.86. The number of benzene rings is 1. The number of para-hydroxylation sites is 1. The smallest absolute Gasteiger partial charge is 0.248 e. The molecule has 1 aliphatic heterocycles. The minimum Gasteiger partial charge on any atom is -0.351 e.